The van der Waals surface area contributed by atoms with Gasteiger partial charge >= 0.3 is 7.12 Å². The van der Waals surface area contributed by atoms with E-state index >= 15 is 0 Å². The van der Waals surface area contributed by atoms with E-state index in [1.54, 1.807) is 12.1 Å². The van der Waals surface area contributed by atoms with Gasteiger partial charge in [0.25, 0.3) is 0 Å². The predicted molar refractivity (Wildman–Crippen MR) is 79.5 cm³/mol. The minimum absolute atomic E-state index is 0.216. The Morgan fingerprint density at radius 1 is 1.05 bits per heavy atom. The smallest absolute Gasteiger partial charge is 0.399 e. The standard InChI is InChI=1S/C14H19BO4S/c1-6-20(16,17)12-9-7-11(8-10-12)15-18-13(2,3)14(4,5)19-15/h6-10H,1H2,2-5H3. The third-order valence-corrected chi connectivity index (χ3v) is 5.32. The van der Waals surface area contributed by atoms with Gasteiger partial charge in [0.05, 0.1) is 16.1 Å². The van der Waals surface area contributed by atoms with Gasteiger partial charge in [-0.05, 0) is 45.3 Å². The van der Waals surface area contributed by atoms with Crippen LogP contribution in [0.5, 0.6) is 0 Å². The molecule has 0 N–H and O–H groups in total. The Kier molecular flexibility index (Phi) is 3.61. The first-order valence-corrected chi connectivity index (χ1v) is 7.97. The summed E-state index contributed by atoms with van der Waals surface area (Å²) in [5.41, 5.74) is -0.0285. The molecule has 0 saturated carbocycles. The molecule has 20 heavy (non-hydrogen) atoms. The first-order valence-electron chi connectivity index (χ1n) is 6.42. The third-order valence-electron chi connectivity index (χ3n) is 3.95. The van der Waals surface area contributed by atoms with E-state index in [4.69, 9.17) is 9.31 Å². The fourth-order valence-electron chi connectivity index (χ4n) is 1.89. The van der Waals surface area contributed by atoms with Gasteiger partial charge in [-0.1, -0.05) is 18.7 Å². The lowest BCUT2D eigenvalue weighted by molar-refractivity contribution is 0.00578. The average Bonchev–Trinajstić information content (AvgIpc) is 2.59. The summed E-state index contributed by atoms with van der Waals surface area (Å²) in [7, 11) is -3.89. The normalized spacial score (nSPS) is 20.9. The van der Waals surface area contributed by atoms with E-state index in [1.165, 1.54) is 12.1 Å². The van der Waals surface area contributed by atoms with Crippen molar-refractivity contribution in [3.8, 4) is 0 Å². The molecule has 1 fully saturated rings. The summed E-state index contributed by atoms with van der Waals surface area (Å²) in [6, 6.07) is 6.49. The molecule has 1 saturated heterocycles. The second-order valence-electron chi connectivity index (χ2n) is 5.87. The van der Waals surface area contributed by atoms with Gasteiger partial charge < -0.3 is 9.31 Å². The highest BCUT2D eigenvalue weighted by Crippen LogP contribution is 2.36. The van der Waals surface area contributed by atoms with Crippen LogP contribution in [0.1, 0.15) is 27.7 Å². The molecule has 4 nitrogen and oxygen atoms in total. The highest BCUT2D eigenvalue weighted by Gasteiger charge is 2.51. The summed E-state index contributed by atoms with van der Waals surface area (Å²) in [5.74, 6) is 0. The maximum atomic E-state index is 11.7. The fraction of sp³-hybridized carbons (Fsp3) is 0.429. The molecular formula is C14H19BO4S. The summed E-state index contributed by atoms with van der Waals surface area (Å²) < 4.78 is 35.1. The second kappa shape index (κ2) is 4.72. The van der Waals surface area contributed by atoms with Gasteiger partial charge in [-0.3, -0.25) is 0 Å². The van der Waals surface area contributed by atoms with Crippen LogP contribution in [0.2, 0.25) is 0 Å². The summed E-state index contributed by atoms with van der Waals surface area (Å²) in [6.45, 7) is 11.2. The number of hydrogen-bond donors (Lipinski definition) is 0. The minimum Gasteiger partial charge on any atom is -0.399 e. The topological polar surface area (TPSA) is 52.6 Å². The van der Waals surface area contributed by atoms with Crippen LogP contribution in [0.3, 0.4) is 0 Å². The molecule has 0 radical (unpaired) electrons. The molecule has 0 spiro atoms. The summed E-state index contributed by atoms with van der Waals surface area (Å²) in [6.07, 6.45) is 0. The molecule has 2 rings (SSSR count). The Morgan fingerprint density at radius 3 is 1.90 bits per heavy atom. The Labute approximate surface area is 120 Å². The predicted octanol–water partition coefficient (Wildman–Crippen LogP) is 1.90. The van der Waals surface area contributed by atoms with Gasteiger partial charge in [-0.25, -0.2) is 8.42 Å². The van der Waals surface area contributed by atoms with Crippen molar-refractivity contribution >= 4 is 22.4 Å². The van der Waals surface area contributed by atoms with Crippen molar-refractivity contribution in [1.82, 2.24) is 0 Å². The maximum absolute atomic E-state index is 11.7. The van der Waals surface area contributed by atoms with Crippen molar-refractivity contribution in [2.75, 3.05) is 0 Å². The lowest BCUT2D eigenvalue weighted by Crippen LogP contribution is -2.41. The SMILES string of the molecule is C=CS(=O)(=O)c1ccc(B2OC(C)(C)C(C)(C)O2)cc1. The number of rotatable bonds is 3. The second-order valence-corrected chi connectivity index (χ2v) is 7.76. The van der Waals surface area contributed by atoms with Gasteiger partial charge in [0.2, 0.25) is 0 Å². The van der Waals surface area contributed by atoms with Crippen LogP contribution in [0, 0.1) is 0 Å². The van der Waals surface area contributed by atoms with E-state index in [2.05, 4.69) is 6.58 Å². The number of sulfone groups is 1. The van der Waals surface area contributed by atoms with Crippen molar-refractivity contribution in [2.45, 2.75) is 43.8 Å². The van der Waals surface area contributed by atoms with E-state index in [1.807, 2.05) is 27.7 Å². The fourth-order valence-corrected chi connectivity index (χ4v) is 2.60. The zero-order valence-corrected chi connectivity index (χ0v) is 13.0. The van der Waals surface area contributed by atoms with Crippen molar-refractivity contribution in [2.24, 2.45) is 0 Å². The highest BCUT2D eigenvalue weighted by molar-refractivity contribution is 7.94. The molecule has 0 aliphatic carbocycles. The number of benzene rings is 1. The Bertz CT molecular complexity index is 601. The maximum Gasteiger partial charge on any atom is 0.494 e. The van der Waals surface area contributed by atoms with Gasteiger partial charge in [0.15, 0.2) is 9.84 Å². The highest BCUT2D eigenvalue weighted by atomic mass is 32.2. The molecule has 1 aliphatic rings. The Morgan fingerprint density at radius 2 is 1.50 bits per heavy atom. The van der Waals surface area contributed by atoms with Crippen molar-refractivity contribution in [3.63, 3.8) is 0 Å². The van der Waals surface area contributed by atoms with Crippen LogP contribution in [0.4, 0.5) is 0 Å². The van der Waals surface area contributed by atoms with Crippen LogP contribution < -0.4 is 5.46 Å². The van der Waals surface area contributed by atoms with Crippen LogP contribution in [0.15, 0.2) is 41.1 Å². The molecule has 6 heteroatoms. The van der Waals surface area contributed by atoms with E-state index in [0.717, 1.165) is 10.9 Å². The quantitative estimate of drug-likeness (QED) is 0.799. The number of hydrogen-bond acceptors (Lipinski definition) is 4. The summed E-state index contributed by atoms with van der Waals surface area (Å²) in [5, 5.41) is 0.941. The summed E-state index contributed by atoms with van der Waals surface area (Å²) >= 11 is 0. The molecule has 0 amide bonds. The van der Waals surface area contributed by atoms with E-state index in [9.17, 15) is 8.42 Å². The molecule has 1 heterocycles. The van der Waals surface area contributed by atoms with Gasteiger partial charge in [0.1, 0.15) is 0 Å². The van der Waals surface area contributed by atoms with Crippen molar-refractivity contribution < 1.29 is 17.7 Å². The molecular weight excluding hydrogens is 275 g/mol. The lowest BCUT2D eigenvalue weighted by atomic mass is 9.79. The monoisotopic (exact) mass is 294 g/mol. The first kappa shape index (κ1) is 15.3. The minimum atomic E-state index is -3.40. The van der Waals surface area contributed by atoms with E-state index in [0.29, 0.717) is 0 Å². The molecule has 0 atom stereocenters. The van der Waals surface area contributed by atoms with Crippen LogP contribution in [-0.4, -0.2) is 26.7 Å². The van der Waals surface area contributed by atoms with Crippen molar-refractivity contribution in [1.29, 1.82) is 0 Å². The lowest BCUT2D eigenvalue weighted by Gasteiger charge is -2.32. The molecule has 0 bridgehead atoms. The largest absolute Gasteiger partial charge is 0.494 e. The first-order chi connectivity index (χ1) is 9.09. The molecule has 108 valence electrons. The van der Waals surface area contributed by atoms with Crippen LogP contribution >= 0.6 is 0 Å². The zero-order valence-electron chi connectivity index (χ0n) is 12.2. The molecule has 1 aromatic rings. The van der Waals surface area contributed by atoms with Gasteiger partial charge in [-0.15, -0.1) is 0 Å². The average molecular weight is 294 g/mol. The van der Waals surface area contributed by atoms with Crippen LogP contribution in [0.25, 0.3) is 0 Å². The zero-order chi connectivity index (χ0) is 15.2. The van der Waals surface area contributed by atoms with Gasteiger partial charge in [0, 0.05) is 5.41 Å². The van der Waals surface area contributed by atoms with Crippen LogP contribution in [-0.2, 0) is 19.1 Å². The Balaban J connectivity index is 2.27. The molecule has 0 aromatic heterocycles. The molecule has 1 aliphatic heterocycles. The Hall–Kier alpha value is -1.11. The van der Waals surface area contributed by atoms with Gasteiger partial charge in [-0.2, -0.15) is 0 Å². The van der Waals surface area contributed by atoms with E-state index < -0.39 is 28.2 Å². The summed E-state index contributed by atoms with van der Waals surface area (Å²) in [4.78, 5) is 0.216. The van der Waals surface area contributed by atoms with Crippen molar-refractivity contribution in [3.05, 3.63) is 36.3 Å². The van der Waals surface area contributed by atoms with E-state index in [-0.39, 0.29) is 4.90 Å². The molecule has 1 aromatic carbocycles. The third kappa shape index (κ3) is 2.55. The molecule has 0 unspecified atom stereocenters.